The summed E-state index contributed by atoms with van der Waals surface area (Å²) in [6.07, 6.45) is 0. The molecule has 0 bridgehead atoms. The number of amidine groups is 1. The molecule has 5 nitrogen and oxygen atoms in total. The minimum atomic E-state index is -0.339. The van der Waals surface area contributed by atoms with Crippen molar-refractivity contribution in [1.29, 1.82) is 5.41 Å². The number of carbonyl (C=O) groups excluding carboxylic acids is 1. The average Bonchev–Trinajstić information content (AvgIpc) is 2.55. The Bertz CT molecular complexity index is 459. The van der Waals surface area contributed by atoms with E-state index in [9.17, 15) is 4.79 Å². The molecule has 0 spiro atoms. The number of benzene rings is 1. The normalized spacial score (nSPS) is 19.6. The summed E-state index contributed by atoms with van der Waals surface area (Å²) in [5.74, 6) is 0.209. The molecule has 1 heterocycles. The summed E-state index contributed by atoms with van der Waals surface area (Å²) < 4.78 is 5.13. The number of hydrogen-bond acceptors (Lipinski definition) is 3. The van der Waals surface area contributed by atoms with Crippen molar-refractivity contribution in [3.8, 4) is 0 Å². The lowest BCUT2D eigenvalue weighted by molar-refractivity contribution is 0.182. The topological polar surface area (TPSA) is 65.4 Å². The lowest BCUT2D eigenvalue weighted by Crippen LogP contribution is -2.25. The zero-order valence-corrected chi connectivity index (χ0v) is 9.86. The van der Waals surface area contributed by atoms with Crippen molar-refractivity contribution < 1.29 is 9.53 Å². The smallest absolute Gasteiger partial charge is 0.323 e. The van der Waals surface area contributed by atoms with E-state index in [0.717, 1.165) is 11.1 Å². The summed E-state index contributed by atoms with van der Waals surface area (Å²) in [6, 6.07) is 7.11. The zero-order valence-electron chi connectivity index (χ0n) is 9.86. The number of amides is 2. The molecule has 1 aromatic rings. The zero-order chi connectivity index (χ0) is 12.4. The first-order chi connectivity index (χ1) is 8.15. The molecular weight excluding hydrogens is 218 g/mol. The summed E-state index contributed by atoms with van der Waals surface area (Å²) in [5.41, 5.74) is 1.92. The molecule has 0 aromatic heterocycles. The maximum atomic E-state index is 11.5. The second kappa shape index (κ2) is 4.55. The largest absolute Gasteiger partial charge is 0.380 e. The first-order valence-electron chi connectivity index (χ1n) is 5.34. The number of urea groups is 1. The van der Waals surface area contributed by atoms with Crippen LogP contribution in [0.25, 0.3) is 0 Å². The van der Waals surface area contributed by atoms with Gasteiger partial charge in [0, 0.05) is 14.2 Å². The maximum absolute atomic E-state index is 11.5. The fourth-order valence-corrected chi connectivity index (χ4v) is 2.03. The van der Waals surface area contributed by atoms with Gasteiger partial charge >= 0.3 is 6.03 Å². The molecular formula is C12H15N3O2. The van der Waals surface area contributed by atoms with Gasteiger partial charge in [-0.3, -0.25) is 10.7 Å². The molecule has 90 valence electrons. The Balaban J connectivity index is 2.39. The lowest BCUT2D eigenvalue weighted by Gasteiger charge is -2.20. The molecule has 1 aliphatic heterocycles. The molecule has 17 heavy (non-hydrogen) atoms. The van der Waals surface area contributed by atoms with Crippen LogP contribution >= 0.6 is 0 Å². The first-order valence-corrected chi connectivity index (χ1v) is 5.34. The highest BCUT2D eigenvalue weighted by molar-refractivity contribution is 6.05. The highest BCUT2D eigenvalue weighted by atomic mass is 16.5. The Hall–Kier alpha value is -1.88. The van der Waals surface area contributed by atoms with Crippen molar-refractivity contribution in [3.63, 3.8) is 0 Å². The van der Waals surface area contributed by atoms with E-state index in [1.165, 1.54) is 4.90 Å². The SMILES string of the molecule is COCc1ccccc1C1C(=N)NC(=O)N1C. The van der Waals surface area contributed by atoms with Crippen LogP contribution < -0.4 is 5.32 Å². The van der Waals surface area contributed by atoms with E-state index in [1.54, 1.807) is 14.2 Å². The van der Waals surface area contributed by atoms with E-state index in [0.29, 0.717) is 6.61 Å². The predicted octanol–water partition coefficient (Wildman–Crippen LogP) is 1.51. The third-order valence-electron chi connectivity index (χ3n) is 2.87. The van der Waals surface area contributed by atoms with Gasteiger partial charge in [-0.25, -0.2) is 4.79 Å². The van der Waals surface area contributed by atoms with Gasteiger partial charge in [-0.15, -0.1) is 0 Å². The number of hydrogen-bond donors (Lipinski definition) is 2. The third kappa shape index (κ3) is 2.01. The van der Waals surface area contributed by atoms with Crippen LogP contribution in [0.1, 0.15) is 17.2 Å². The highest BCUT2D eigenvalue weighted by Gasteiger charge is 2.34. The molecule has 1 atom stereocenters. The number of likely N-dealkylation sites (N-methyl/N-ethyl adjacent to an activating group) is 1. The molecule has 0 radical (unpaired) electrons. The number of rotatable bonds is 3. The number of methoxy groups -OCH3 is 1. The minimum absolute atomic E-state index is 0.209. The third-order valence-corrected chi connectivity index (χ3v) is 2.87. The van der Waals surface area contributed by atoms with Gasteiger partial charge in [0.05, 0.1) is 6.61 Å². The van der Waals surface area contributed by atoms with Gasteiger partial charge in [0.25, 0.3) is 0 Å². The quantitative estimate of drug-likeness (QED) is 0.831. The number of nitrogens with one attached hydrogen (secondary N) is 2. The van der Waals surface area contributed by atoms with E-state index in [1.807, 2.05) is 24.3 Å². The molecule has 1 saturated heterocycles. The van der Waals surface area contributed by atoms with E-state index >= 15 is 0 Å². The Morgan fingerprint density at radius 2 is 2.18 bits per heavy atom. The number of ether oxygens (including phenoxy) is 1. The second-order valence-corrected chi connectivity index (χ2v) is 3.99. The van der Waals surface area contributed by atoms with Crippen LogP contribution in [0.4, 0.5) is 4.79 Å². The molecule has 1 unspecified atom stereocenters. The molecule has 0 saturated carbocycles. The summed E-state index contributed by atoms with van der Waals surface area (Å²) in [5, 5.41) is 10.3. The van der Waals surface area contributed by atoms with Crippen molar-refractivity contribution in [1.82, 2.24) is 10.2 Å². The van der Waals surface area contributed by atoms with Gasteiger partial charge in [-0.05, 0) is 11.1 Å². The molecule has 2 rings (SSSR count). The van der Waals surface area contributed by atoms with Crippen molar-refractivity contribution in [2.75, 3.05) is 14.2 Å². The van der Waals surface area contributed by atoms with Crippen LogP contribution in [0, 0.1) is 5.41 Å². The van der Waals surface area contributed by atoms with Crippen molar-refractivity contribution >= 4 is 11.9 Å². The first kappa shape index (κ1) is 11.6. The van der Waals surface area contributed by atoms with Gasteiger partial charge in [-0.2, -0.15) is 0 Å². The fraction of sp³-hybridized carbons (Fsp3) is 0.333. The van der Waals surface area contributed by atoms with Gasteiger partial charge in [0.1, 0.15) is 11.9 Å². The molecule has 1 aliphatic rings. The number of nitrogens with zero attached hydrogens (tertiary/aromatic N) is 1. The minimum Gasteiger partial charge on any atom is -0.380 e. The van der Waals surface area contributed by atoms with Crippen LogP contribution in [0.5, 0.6) is 0 Å². The van der Waals surface area contributed by atoms with Crippen LogP contribution in [0.2, 0.25) is 0 Å². The summed E-state index contributed by atoms with van der Waals surface area (Å²) in [4.78, 5) is 13.0. The van der Waals surface area contributed by atoms with Crippen LogP contribution in [0.15, 0.2) is 24.3 Å². The highest BCUT2D eigenvalue weighted by Crippen LogP contribution is 2.27. The Morgan fingerprint density at radius 3 is 2.76 bits per heavy atom. The number of carbonyl (C=O) groups is 1. The summed E-state index contributed by atoms with van der Waals surface area (Å²) in [7, 11) is 3.31. The molecule has 5 heteroatoms. The Kier molecular flexibility index (Phi) is 3.10. The maximum Gasteiger partial charge on any atom is 0.323 e. The lowest BCUT2D eigenvalue weighted by atomic mass is 10.00. The summed E-state index contributed by atoms with van der Waals surface area (Å²) in [6.45, 7) is 0.474. The van der Waals surface area contributed by atoms with Gasteiger partial charge in [0.15, 0.2) is 0 Å². The standard InChI is InChI=1S/C12H15N3O2/c1-15-10(11(13)14-12(15)16)9-6-4-3-5-8(9)7-17-2/h3-6,10H,7H2,1-2H3,(H2,13,14,16). The Morgan fingerprint density at radius 1 is 1.47 bits per heavy atom. The Labute approximate surface area is 99.9 Å². The van der Waals surface area contributed by atoms with E-state index in [-0.39, 0.29) is 17.9 Å². The van der Waals surface area contributed by atoms with Crippen LogP contribution in [0.3, 0.4) is 0 Å². The molecule has 1 fully saturated rings. The molecule has 2 N–H and O–H groups in total. The van der Waals surface area contributed by atoms with Gasteiger partial charge in [0.2, 0.25) is 0 Å². The van der Waals surface area contributed by atoms with Gasteiger partial charge in [-0.1, -0.05) is 24.3 Å². The molecule has 0 aliphatic carbocycles. The fourth-order valence-electron chi connectivity index (χ4n) is 2.03. The van der Waals surface area contributed by atoms with E-state index < -0.39 is 0 Å². The van der Waals surface area contributed by atoms with Crippen molar-refractivity contribution in [2.45, 2.75) is 12.6 Å². The summed E-state index contributed by atoms with van der Waals surface area (Å²) >= 11 is 0. The van der Waals surface area contributed by atoms with Crippen LogP contribution in [-0.2, 0) is 11.3 Å². The van der Waals surface area contributed by atoms with Crippen LogP contribution in [-0.4, -0.2) is 30.9 Å². The van der Waals surface area contributed by atoms with E-state index in [4.69, 9.17) is 10.1 Å². The second-order valence-electron chi connectivity index (χ2n) is 3.99. The van der Waals surface area contributed by atoms with Gasteiger partial charge < -0.3 is 9.64 Å². The molecule has 1 aromatic carbocycles. The van der Waals surface area contributed by atoms with Crippen molar-refractivity contribution in [2.24, 2.45) is 0 Å². The predicted molar refractivity (Wildman–Crippen MR) is 63.9 cm³/mol. The van der Waals surface area contributed by atoms with E-state index in [2.05, 4.69) is 5.32 Å². The van der Waals surface area contributed by atoms with Crippen molar-refractivity contribution in [3.05, 3.63) is 35.4 Å². The molecule has 2 amide bonds. The average molecular weight is 233 g/mol. The monoisotopic (exact) mass is 233 g/mol.